The summed E-state index contributed by atoms with van der Waals surface area (Å²) in [6.07, 6.45) is -3.02. The van der Waals surface area contributed by atoms with Crippen LogP contribution in [0.2, 0.25) is 0 Å². The van der Waals surface area contributed by atoms with Crippen LogP contribution < -0.4 is 64.6 Å². The predicted molar refractivity (Wildman–Crippen MR) is 276 cm³/mol. The van der Waals surface area contributed by atoms with Crippen molar-refractivity contribution >= 4 is 77.0 Å². The number of hydrogen-bond acceptors (Lipinski definition) is 16. The van der Waals surface area contributed by atoms with Gasteiger partial charge in [0.1, 0.15) is 54.4 Å². The van der Waals surface area contributed by atoms with Gasteiger partial charge in [0.15, 0.2) is 5.96 Å². The van der Waals surface area contributed by atoms with Crippen molar-refractivity contribution in [3.63, 3.8) is 0 Å². The van der Waals surface area contributed by atoms with Gasteiger partial charge in [-0.05, 0) is 43.1 Å². The van der Waals surface area contributed by atoms with Gasteiger partial charge in [0.2, 0.25) is 59.1 Å². The average Bonchev–Trinajstić information content (AvgIpc) is 3.35. The van der Waals surface area contributed by atoms with Gasteiger partial charge < -0.3 is 90.2 Å². The third-order valence-corrected chi connectivity index (χ3v) is 11.4. The fraction of sp³-hybridized carbons (Fsp3) is 0.604. The van der Waals surface area contributed by atoms with E-state index in [1.54, 1.807) is 44.2 Å². The summed E-state index contributed by atoms with van der Waals surface area (Å²) >= 11 is 0. The first-order valence-electron chi connectivity index (χ1n) is 24.8. The number of benzene rings is 1. The molecular formula is C48H77N13O17. The Morgan fingerprint density at radius 2 is 0.949 bits per heavy atom. The third kappa shape index (κ3) is 24.3. The van der Waals surface area contributed by atoms with E-state index >= 15 is 0 Å². The van der Waals surface area contributed by atoms with Crippen LogP contribution in [0.1, 0.15) is 80.2 Å². The molecule has 10 amide bonds. The Kier molecular flexibility index (Phi) is 29.6. The Hall–Kier alpha value is -7.99. The molecule has 30 nitrogen and oxygen atoms in total. The summed E-state index contributed by atoms with van der Waals surface area (Å²) in [6, 6.07) is -5.82. The van der Waals surface area contributed by atoms with E-state index in [0.29, 0.717) is 5.56 Å². The SMILES string of the molecule is CC(=O)N[C@H](C(=O)N[C@@H](CO)C(=O)N[C@H](C(=O)N[C@H](C(=O)N[C@@H](CCCN=C(N)N)C(=O)N[C@@H](CO)C(=O)N[C@H](C(=O)N[C@@H](Cc1ccccc1)C(=O)NCC(=O)N[C@@H](CC(=O)O)C(=O)O)C(C)C)[C@@H](C)O)C(C)C)C(C)C. The van der Waals surface area contributed by atoms with Crippen LogP contribution >= 0.6 is 0 Å². The second-order valence-corrected chi connectivity index (χ2v) is 19.1. The van der Waals surface area contributed by atoms with E-state index in [1.165, 1.54) is 34.6 Å². The largest absolute Gasteiger partial charge is 0.481 e. The quantitative estimate of drug-likeness (QED) is 0.0173. The minimum atomic E-state index is -1.82. The first-order chi connectivity index (χ1) is 36.4. The number of carboxylic acids is 2. The number of aliphatic carboxylic acids is 2. The number of amides is 10. The summed E-state index contributed by atoms with van der Waals surface area (Å²) in [5, 5.41) is 72.8. The molecule has 0 aliphatic carbocycles. The van der Waals surface area contributed by atoms with Crippen molar-refractivity contribution in [1.29, 1.82) is 0 Å². The van der Waals surface area contributed by atoms with E-state index in [4.69, 9.17) is 16.6 Å². The minimum absolute atomic E-state index is 0.0102. The maximum absolute atomic E-state index is 13.9. The lowest BCUT2D eigenvalue weighted by Gasteiger charge is -2.30. The Morgan fingerprint density at radius 1 is 0.526 bits per heavy atom. The fourth-order valence-corrected chi connectivity index (χ4v) is 7.17. The summed E-state index contributed by atoms with van der Waals surface area (Å²) in [6.45, 7) is 8.77. The van der Waals surface area contributed by atoms with Crippen LogP contribution in [0.15, 0.2) is 35.3 Å². The second kappa shape index (κ2) is 33.9. The number of aliphatic hydroxyl groups excluding tert-OH is 3. The Labute approximate surface area is 450 Å². The van der Waals surface area contributed by atoms with E-state index in [9.17, 15) is 78.0 Å². The number of carboxylic acid groups (broad SMARTS) is 2. The zero-order valence-electron chi connectivity index (χ0n) is 44.8. The van der Waals surface area contributed by atoms with Gasteiger partial charge in [-0.25, -0.2) is 4.79 Å². The summed E-state index contributed by atoms with van der Waals surface area (Å²) in [5.74, 6) is -15.0. The molecule has 0 saturated heterocycles. The molecule has 0 aromatic heterocycles. The predicted octanol–water partition coefficient (Wildman–Crippen LogP) is -6.33. The first-order valence-corrected chi connectivity index (χ1v) is 24.8. The molecule has 0 heterocycles. The van der Waals surface area contributed by atoms with E-state index in [2.05, 4.69) is 52.8 Å². The number of guanidine groups is 1. The maximum atomic E-state index is 13.9. The van der Waals surface area contributed by atoms with Crippen molar-refractivity contribution in [2.24, 2.45) is 34.2 Å². The number of nitrogens with one attached hydrogen (secondary N) is 10. The van der Waals surface area contributed by atoms with Gasteiger partial charge in [0.25, 0.3) is 0 Å². The molecule has 436 valence electrons. The molecule has 0 saturated carbocycles. The molecule has 1 aromatic rings. The molecule has 0 bridgehead atoms. The van der Waals surface area contributed by atoms with Gasteiger partial charge in [-0.1, -0.05) is 71.9 Å². The van der Waals surface area contributed by atoms with E-state index in [-0.39, 0.29) is 31.8 Å². The average molecular weight is 1110 g/mol. The van der Waals surface area contributed by atoms with Crippen molar-refractivity contribution in [3.8, 4) is 0 Å². The molecule has 0 radical (unpaired) electrons. The Morgan fingerprint density at radius 3 is 1.38 bits per heavy atom. The summed E-state index contributed by atoms with van der Waals surface area (Å²) in [4.78, 5) is 160. The minimum Gasteiger partial charge on any atom is -0.481 e. The van der Waals surface area contributed by atoms with Gasteiger partial charge in [-0.2, -0.15) is 0 Å². The van der Waals surface area contributed by atoms with Crippen LogP contribution in [0.25, 0.3) is 0 Å². The summed E-state index contributed by atoms with van der Waals surface area (Å²) in [7, 11) is 0. The lowest BCUT2D eigenvalue weighted by Crippen LogP contribution is -2.63. The topological polar surface area (TPSA) is 491 Å². The van der Waals surface area contributed by atoms with Gasteiger partial charge >= 0.3 is 11.9 Å². The van der Waals surface area contributed by atoms with Gasteiger partial charge in [-0.15, -0.1) is 0 Å². The smallest absolute Gasteiger partial charge is 0.326 e. The van der Waals surface area contributed by atoms with Crippen LogP contribution in [0.5, 0.6) is 0 Å². The highest BCUT2D eigenvalue weighted by Crippen LogP contribution is 2.11. The lowest BCUT2D eigenvalue weighted by atomic mass is 10.0. The number of nitrogens with zero attached hydrogens (tertiary/aromatic N) is 1. The van der Waals surface area contributed by atoms with Crippen molar-refractivity contribution in [1.82, 2.24) is 53.2 Å². The highest BCUT2D eigenvalue weighted by atomic mass is 16.4. The molecule has 0 aliphatic rings. The van der Waals surface area contributed by atoms with Gasteiger partial charge in [0.05, 0.1) is 32.3 Å². The zero-order chi connectivity index (χ0) is 59.6. The molecule has 0 unspecified atom stereocenters. The third-order valence-electron chi connectivity index (χ3n) is 11.4. The van der Waals surface area contributed by atoms with Crippen LogP contribution in [-0.4, -0.2) is 189 Å². The maximum Gasteiger partial charge on any atom is 0.326 e. The second-order valence-electron chi connectivity index (χ2n) is 19.1. The van der Waals surface area contributed by atoms with Crippen LogP contribution in [-0.2, 0) is 64.0 Å². The first kappa shape index (κ1) is 68.0. The summed E-state index contributed by atoms with van der Waals surface area (Å²) in [5.41, 5.74) is 11.4. The van der Waals surface area contributed by atoms with E-state index in [0.717, 1.165) is 6.92 Å². The van der Waals surface area contributed by atoms with Crippen molar-refractivity contribution in [2.45, 2.75) is 142 Å². The number of nitrogens with two attached hydrogens (primary N) is 2. The van der Waals surface area contributed by atoms with Crippen molar-refractivity contribution in [3.05, 3.63) is 35.9 Å². The number of rotatable bonds is 34. The van der Waals surface area contributed by atoms with Crippen LogP contribution in [0.3, 0.4) is 0 Å². The standard InChI is InChI=1S/C48H77N13O17/c1-22(2)35(53-26(8)65)43(73)58-32(21-63)42(72)60-37(24(5)6)45(75)61-38(25(7)64)46(76)55-28(15-12-16-51-48(49)50)40(70)57-31(20-62)41(71)59-36(23(3)4)44(74)56-29(17-27-13-10-9-11-14-27)39(69)52-19-33(66)54-30(47(77)78)18-34(67)68/h9-11,13-14,22-25,28-32,35-38,62-64H,12,15-21H2,1-8H3,(H,52,69)(H,53,65)(H,54,66)(H,55,76)(H,56,74)(H,57,70)(H,58,73)(H,59,71)(H,60,72)(H,61,75)(H,67,68)(H,77,78)(H4,49,50,51)/t25-,28+,29+,30+,31+,32+,35+,36+,37+,38+/m1/s1. The monoisotopic (exact) mass is 1110 g/mol. The molecule has 78 heavy (non-hydrogen) atoms. The van der Waals surface area contributed by atoms with E-state index in [1.807, 2.05) is 5.32 Å². The van der Waals surface area contributed by atoms with Crippen LogP contribution in [0, 0.1) is 17.8 Å². The summed E-state index contributed by atoms with van der Waals surface area (Å²) < 4.78 is 0. The molecule has 19 N–H and O–H groups in total. The molecule has 1 rings (SSSR count). The normalized spacial score (nSPS) is 14.9. The fourth-order valence-electron chi connectivity index (χ4n) is 7.17. The Bertz CT molecular complexity index is 2280. The van der Waals surface area contributed by atoms with Gasteiger partial charge in [-0.3, -0.25) is 57.7 Å². The number of hydrogen-bond donors (Lipinski definition) is 17. The van der Waals surface area contributed by atoms with Gasteiger partial charge in [0, 0.05) is 19.9 Å². The lowest BCUT2D eigenvalue weighted by molar-refractivity contribution is -0.147. The number of aliphatic hydroxyl groups is 3. The molecular weight excluding hydrogens is 1030 g/mol. The van der Waals surface area contributed by atoms with Crippen molar-refractivity contribution < 1.29 is 83.1 Å². The molecule has 30 heteroatoms. The molecule has 10 atom stereocenters. The molecule has 1 aromatic carbocycles. The van der Waals surface area contributed by atoms with E-state index < -0.39 is 175 Å². The number of carbonyl (C=O) groups is 12. The number of carbonyl (C=O) groups excluding carboxylic acids is 10. The number of aliphatic imine (C=N–C) groups is 1. The van der Waals surface area contributed by atoms with Crippen molar-refractivity contribution in [2.75, 3.05) is 26.3 Å². The highest BCUT2D eigenvalue weighted by molar-refractivity contribution is 5.99. The molecule has 0 spiro atoms. The Balaban J connectivity index is 3.37. The van der Waals surface area contributed by atoms with Crippen LogP contribution in [0.4, 0.5) is 0 Å². The zero-order valence-corrected chi connectivity index (χ0v) is 44.8. The molecule has 0 aliphatic heterocycles. The molecule has 0 fully saturated rings. The highest BCUT2D eigenvalue weighted by Gasteiger charge is 2.37.